The standard InChI is InChI=1S/C22H32N4O3/c1-14(12-23-20(27)18-13-26(17-9-10-17)24-16(18)3)15(2)19-8-7-11-25(19)21(28)29-22(4,5)6/h13,17,19H,1-2,7-12H2,3-6H3,(H,23,27)/t19-/m0/s1. The van der Waals surface area contributed by atoms with Gasteiger partial charge >= 0.3 is 6.09 Å². The number of ether oxygens (including phenoxy) is 1. The van der Waals surface area contributed by atoms with Crippen molar-refractivity contribution in [1.82, 2.24) is 20.0 Å². The van der Waals surface area contributed by atoms with Crippen molar-refractivity contribution < 1.29 is 14.3 Å². The zero-order valence-corrected chi connectivity index (χ0v) is 18.0. The summed E-state index contributed by atoms with van der Waals surface area (Å²) in [6.45, 7) is 16.6. The van der Waals surface area contributed by atoms with Crippen LogP contribution in [0.15, 0.2) is 30.5 Å². The molecule has 1 saturated heterocycles. The highest BCUT2D eigenvalue weighted by Gasteiger charge is 2.34. The number of rotatable bonds is 6. The van der Waals surface area contributed by atoms with E-state index in [1.165, 1.54) is 0 Å². The van der Waals surface area contributed by atoms with Gasteiger partial charge < -0.3 is 15.0 Å². The van der Waals surface area contributed by atoms with Gasteiger partial charge in [-0.25, -0.2) is 4.79 Å². The number of nitrogens with zero attached hydrogens (tertiary/aromatic N) is 3. The summed E-state index contributed by atoms with van der Waals surface area (Å²) in [7, 11) is 0. The molecule has 2 heterocycles. The van der Waals surface area contributed by atoms with E-state index in [0.29, 0.717) is 23.7 Å². The number of carbonyl (C=O) groups excluding carboxylic acids is 2. The molecule has 1 aliphatic carbocycles. The molecular formula is C22H32N4O3. The maximum absolute atomic E-state index is 12.6. The zero-order chi connectivity index (χ0) is 21.3. The van der Waals surface area contributed by atoms with E-state index in [0.717, 1.165) is 37.0 Å². The summed E-state index contributed by atoms with van der Waals surface area (Å²) >= 11 is 0. The topological polar surface area (TPSA) is 76.5 Å². The van der Waals surface area contributed by atoms with E-state index < -0.39 is 5.60 Å². The molecule has 158 valence electrons. The van der Waals surface area contributed by atoms with Crippen molar-refractivity contribution >= 4 is 12.0 Å². The smallest absolute Gasteiger partial charge is 0.410 e. The molecule has 1 aliphatic heterocycles. The Kier molecular flexibility index (Phi) is 5.87. The second kappa shape index (κ2) is 8.05. The SMILES string of the molecule is C=C(CNC(=O)c1cn(C2CC2)nc1C)C(=C)[C@@H]1CCCN1C(=O)OC(C)(C)C. The third-order valence-electron chi connectivity index (χ3n) is 5.28. The van der Waals surface area contributed by atoms with Crippen molar-refractivity contribution in [3.63, 3.8) is 0 Å². The van der Waals surface area contributed by atoms with Crippen molar-refractivity contribution in [2.45, 2.75) is 71.1 Å². The molecule has 0 radical (unpaired) electrons. The van der Waals surface area contributed by atoms with Gasteiger partial charge in [0.2, 0.25) is 0 Å². The third kappa shape index (κ3) is 5.08. The van der Waals surface area contributed by atoms with E-state index in [1.807, 2.05) is 38.6 Å². The number of carbonyl (C=O) groups is 2. The number of hydrogen-bond donors (Lipinski definition) is 1. The van der Waals surface area contributed by atoms with E-state index in [9.17, 15) is 9.59 Å². The van der Waals surface area contributed by atoms with Gasteiger partial charge in [-0.2, -0.15) is 5.10 Å². The Balaban J connectivity index is 1.56. The van der Waals surface area contributed by atoms with Crippen LogP contribution in [0.25, 0.3) is 0 Å². The predicted molar refractivity (Wildman–Crippen MR) is 112 cm³/mol. The summed E-state index contributed by atoms with van der Waals surface area (Å²) in [5.41, 5.74) is 2.25. The number of nitrogens with one attached hydrogen (secondary N) is 1. The minimum absolute atomic E-state index is 0.145. The monoisotopic (exact) mass is 400 g/mol. The number of aromatic nitrogens is 2. The highest BCUT2D eigenvalue weighted by molar-refractivity contribution is 5.95. The van der Waals surface area contributed by atoms with E-state index in [2.05, 4.69) is 23.6 Å². The molecule has 0 bridgehead atoms. The molecule has 1 aromatic rings. The summed E-state index contributed by atoms with van der Waals surface area (Å²) < 4.78 is 7.40. The largest absolute Gasteiger partial charge is 0.444 e. The van der Waals surface area contributed by atoms with E-state index >= 15 is 0 Å². The molecule has 0 unspecified atom stereocenters. The van der Waals surface area contributed by atoms with E-state index in [4.69, 9.17) is 4.74 Å². The van der Waals surface area contributed by atoms with Crippen LogP contribution in [0.4, 0.5) is 4.79 Å². The fourth-order valence-electron chi connectivity index (χ4n) is 3.53. The Morgan fingerprint density at radius 1 is 1.28 bits per heavy atom. The summed E-state index contributed by atoms with van der Waals surface area (Å²) in [6.07, 6.45) is 5.44. The third-order valence-corrected chi connectivity index (χ3v) is 5.28. The summed E-state index contributed by atoms with van der Waals surface area (Å²) in [5, 5.41) is 7.35. The van der Waals surface area contributed by atoms with Gasteiger partial charge in [0.1, 0.15) is 5.60 Å². The van der Waals surface area contributed by atoms with Crippen molar-refractivity contribution in [3.8, 4) is 0 Å². The molecular weight excluding hydrogens is 368 g/mol. The molecule has 2 amide bonds. The fraction of sp³-hybridized carbons (Fsp3) is 0.591. The summed E-state index contributed by atoms with van der Waals surface area (Å²) in [5.74, 6) is -0.168. The van der Waals surface area contributed by atoms with Crippen molar-refractivity contribution in [2.24, 2.45) is 0 Å². The Hall–Kier alpha value is -2.57. The number of hydrogen-bond acceptors (Lipinski definition) is 4. The number of aryl methyl sites for hydroxylation is 1. The van der Waals surface area contributed by atoms with Crippen LogP contribution in [0.5, 0.6) is 0 Å². The van der Waals surface area contributed by atoms with Crippen LogP contribution in [0.1, 0.15) is 68.5 Å². The average Bonchev–Trinajstić information content (AvgIpc) is 3.22. The molecule has 1 aromatic heterocycles. The van der Waals surface area contributed by atoms with Crippen LogP contribution in [0.3, 0.4) is 0 Å². The van der Waals surface area contributed by atoms with Gasteiger partial charge in [-0.1, -0.05) is 13.2 Å². The Bertz CT molecular complexity index is 830. The molecule has 2 fully saturated rings. The van der Waals surface area contributed by atoms with Crippen LogP contribution in [0, 0.1) is 6.92 Å². The van der Waals surface area contributed by atoms with E-state index in [1.54, 1.807) is 4.90 Å². The molecule has 1 saturated carbocycles. The molecule has 29 heavy (non-hydrogen) atoms. The minimum Gasteiger partial charge on any atom is -0.444 e. The quantitative estimate of drug-likeness (QED) is 0.738. The maximum atomic E-state index is 12.6. The second-order valence-electron chi connectivity index (χ2n) is 8.98. The summed E-state index contributed by atoms with van der Waals surface area (Å²) in [4.78, 5) is 26.8. The van der Waals surface area contributed by atoms with Crippen LogP contribution < -0.4 is 5.32 Å². The second-order valence-corrected chi connectivity index (χ2v) is 8.98. The van der Waals surface area contributed by atoms with Crippen molar-refractivity contribution in [2.75, 3.05) is 13.1 Å². The zero-order valence-electron chi connectivity index (χ0n) is 18.0. The molecule has 7 heteroatoms. The first-order chi connectivity index (χ1) is 13.6. The van der Waals surface area contributed by atoms with Crippen LogP contribution in [-0.2, 0) is 4.74 Å². The van der Waals surface area contributed by atoms with Gasteiger partial charge in [0.25, 0.3) is 5.91 Å². The molecule has 0 spiro atoms. The van der Waals surface area contributed by atoms with Crippen LogP contribution >= 0.6 is 0 Å². The van der Waals surface area contributed by atoms with Crippen LogP contribution in [0.2, 0.25) is 0 Å². The first-order valence-corrected chi connectivity index (χ1v) is 10.3. The Morgan fingerprint density at radius 2 is 1.97 bits per heavy atom. The molecule has 1 N–H and O–H groups in total. The van der Waals surface area contributed by atoms with Gasteiger partial charge in [-0.3, -0.25) is 9.48 Å². The lowest BCUT2D eigenvalue weighted by Gasteiger charge is -2.30. The van der Waals surface area contributed by atoms with Crippen molar-refractivity contribution in [1.29, 1.82) is 0 Å². The first-order valence-electron chi connectivity index (χ1n) is 10.3. The lowest BCUT2D eigenvalue weighted by Crippen LogP contribution is -2.41. The molecule has 1 atom stereocenters. The van der Waals surface area contributed by atoms with Crippen molar-refractivity contribution in [3.05, 3.63) is 41.8 Å². The van der Waals surface area contributed by atoms with Gasteiger partial charge in [-0.05, 0) is 64.5 Å². The van der Waals surface area contributed by atoms with Crippen LogP contribution in [-0.4, -0.2) is 51.4 Å². The molecule has 2 aliphatic rings. The lowest BCUT2D eigenvalue weighted by molar-refractivity contribution is 0.0250. The van der Waals surface area contributed by atoms with Gasteiger partial charge in [0, 0.05) is 19.3 Å². The maximum Gasteiger partial charge on any atom is 0.410 e. The average molecular weight is 401 g/mol. The predicted octanol–water partition coefficient (Wildman–Crippen LogP) is 3.77. The highest BCUT2D eigenvalue weighted by Crippen LogP contribution is 2.34. The summed E-state index contributed by atoms with van der Waals surface area (Å²) in [6, 6.07) is 0.291. The Labute approximate surface area is 172 Å². The van der Waals surface area contributed by atoms with E-state index in [-0.39, 0.29) is 24.6 Å². The minimum atomic E-state index is -0.542. The van der Waals surface area contributed by atoms with Gasteiger partial charge in [0.05, 0.1) is 23.3 Å². The normalized spacial score (nSPS) is 19.2. The number of likely N-dealkylation sites (tertiary alicyclic amines) is 1. The Morgan fingerprint density at radius 3 is 2.59 bits per heavy atom. The molecule has 3 rings (SSSR count). The van der Waals surface area contributed by atoms with Gasteiger partial charge in [-0.15, -0.1) is 0 Å². The highest BCUT2D eigenvalue weighted by atomic mass is 16.6. The van der Waals surface area contributed by atoms with Gasteiger partial charge in [0.15, 0.2) is 0 Å². The first kappa shape index (κ1) is 21.1. The lowest BCUT2D eigenvalue weighted by atomic mass is 9.99. The number of amides is 2. The molecule has 0 aromatic carbocycles. The molecule has 7 nitrogen and oxygen atoms in total. The fourth-order valence-corrected chi connectivity index (χ4v) is 3.53.